The van der Waals surface area contributed by atoms with E-state index in [-0.39, 0.29) is 17.2 Å². The van der Waals surface area contributed by atoms with Crippen molar-refractivity contribution in [1.82, 2.24) is 4.90 Å². The largest absolute Gasteiger partial charge is 0.283 e. The van der Waals surface area contributed by atoms with Crippen LogP contribution in [0.25, 0.3) is 0 Å². The van der Waals surface area contributed by atoms with Gasteiger partial charge in [0.05, 0.1) is 0 Å². The van der Waals surface area contributed by atoms with E-state index in [1.807, 2.05) is 6.92 Å². The molecule has 1 aliphatic heterocycles. The van der Waals surface area contributed by atoms with E-state index in [0.717, 1.165) is 19.3 Å². The van der Waals surface area contributed by atoms with E-state index in [4.69, 9.17) is 0 Å². The molecule has 2 rings (SSSR count). The van der Waals surface area contributed by atoms with Gasteiger partial charge in [-0.25, -0.2) is 0 Å². The van der Waals surface area contributed by atoms with Gasteiger partial charge < -0.3 is 0 Å². The summed E-state index contributed by atoms with van der Waals surface area (Å²) in [6, 6.07) is 0. The molecule has 1 saturated carbocycles. The molecule has 1 saturated heterocycles. The van der Waals surface area contributed by atoms with E-state index < -0.39 is 0 Å². The molecule has 72 valence electrons. The van der Waals surface area contributed by atoms with Crippen LogP contribution in [0.4, 0.5) is 0 Å². The molecule has 0 radical (unpaired) electrons. The number of piperidine rings is 1. The summed E-state index contributed by atoms with van der Waals surface area (Å²) in [7, 11) is 0. The standard InChI is InChI=1S/C10H15NO2/c1-2-5-11-8(12)6-10(3-4-10)7-9(11)13/h2-7H2,1H3. The lowest BCUT2D eigenvalue weighted by atomic mass is 9.92. The molecule has 1 heterocycles. The summed E-state index contributed by atoms with van der Waals surface area (Å²) in [6.07, 6.45) is 4.23. The molecule has 0 aromatic rings. The minimum atomic E-state index is 0.0515. The number of carbonyl (C=O) groups excluding carboxylic acids is 2. The number of hydrogen-bond donors (Lipinski definition) is 0. The Kier molecular flexibility index (Phi) is 1.90. The Morgan fingerprint density at radius 3 is 2.15 bits per heavy atom. The highest BCUT2D eigenvalue weighted by Crippen LogP contribution is 2.54. The first-order chi connectivity index (χ1) is 6.17. The van der Waals surface area contributed by atoms with Crippen molar-refractivity contribution < 1.29 is 9.59 Å². The zero-order valence-corrected chi connectivity index (χ0v) is 8.01. The predicted octanol–water partition coefficient (Wildman–Crippen LogP) is 1.33. The third-order valence-electron chi connectivity index (χ3n) is 3.06. The predicted molar refractivity (Wildman–Crippen MR) is 47.9 cm³/mol. The maximum atomic E-state index is 11.6. The molecule has 2 aliphatic rings. The van der Waals surface area contributed by atoms with Gasteiger partial charge in [0.1, 0.15) is 0 Å². The van der Waals surface area contributed by atoms with Crippen molar-refractivity contribution in [3.63, 3.8) is 0 Å². The molecule has 0 bridgehead atoms. The number of hydrogen-bond acceptors (Lipinski definition) is 2. The fraction of sp³-hybridized carbons (Fsp3) is 0.800. The SMILES string of the molecule is CCCN1C(=O)CC2(CC2)CC1=O. The molecule has 0 atom stereocenters. The van der Waals surface area contributed by atoms with Crippen molar-refractivity contribution in [1.29, 1.82) is 0 Å². The fourth-order valence-electron chi connectivity index (χ4n) is 2.04. The first-order valence-corrected chi connectivity index (χ1v) is 5.00. The highest BCUT2D eigenvalue weighted by Gasteiger charge is 2.51. The minimum Gasteiger partial charge on any atom is -0.283 e. The van der Waals surface area contributed by atoms with E-state index in [9.17, 15) is 9.59 Å². The van der Waals surface area contributed by atoms with Crippen LogP contribution >= 0.6 is 0 Å². The summed E-state index contributed by atoms with van der Waals surface area (Å²) in [4.78, 5) is 24.5. The smallest absolute Gasteiger partial charge is 0.229 e. The molecular weight excluding hydrogens is 166 g/mol. The first-order valence-electron chi connectivity index (χ1n) is 5.00. The Hall–Kier alpha value is -0.860. The van der Waals surface area contributed by atoms with Gasteiger partial charge in [-0.05, 0) is 24.7 Å². The van der Waals surface area contributed by atoms with Gasteiger partial charge in [0.15, 0.2) is 0 Å². The molecule has 0 aromatic carbocycles. The molecule has 0 aromatic heterocycles. The summed E-state index contributed by atoms with van der Waals surface area (Å²) < 4.78 is 0. The molecule has 13 heavy (non-hydrogen) atoms. The summed E-state index contributed by atoms with van der Waals surface area (Å²) in [6.45, 7) is 2.59. The van der Waals surface area contributed by atoms with Crippen molar-refractivity contribution >= 4 is 11.8 Å². The number of carbonyl (C=O) groups is 2. The van der Waals surface area contributed by atoms with Crippen LogP contribution in [0, 0.1) is 5.41 Å². The molecule has 2 fully saturated rings. The Morgan fingerprint density at radius 1 is 1.23 bits per heavy atom. The Labute approximate surface area is 78.1 Å². The van der Waals surface area contributed by atoms with Crippen LogP contribution in [0.3, 0.4) is 0 Å². The van der Waals surface area contributed by atoms with Gasteiger partial charge in [-0.1, -0.05) is 6.92 Å². The number of imide groups is 1. The third kappa shape index (κ3) is 1.47. The summed E-state index contributed by atoms with van der Waals surface area (Å²) in [5.41, 5.74) is 0.110. The third-order valence-corrected chi connectivity index (χ3v) is 3.06. The molecule has 2 amide bonds. The maximum Gasteiger partial charge on any atom is 0.229 e. The number of nitrogens with zero attached hydrogens (tertiary/aromatic N) is 1. The number of likely N-dealkylation sites (tertiary alicyclic amines) is 1. The van der Waals surface area contributed by atoms with Crippen LogP contribution in [0.1, 0.15) is 39.0 Å². The number of amides is 2. The summed E-state index contributed by atoms with van der Waals surface area (Å²) in [5, 5.41) is 0. The zero-order chi connectivity index (χ0) is 9.47. The van der Waals surface area contributed by atoms with Crippen molar-refractivity contribution in [3.8, 4) is 0 Å². The van der Waals surface area contributed by atoms with Gasteiger partial charge in [0.2, 0.25) is 11.8 Å². The first kappa shape index (κ1) is 8.73. The van der Waals surface area contributed by atoms with Gasteiger partial charge >= 0.3 is 0 Å². The van der Waals surface area contributed by atoms with E-state index in [2.05, 4.69) is 0 Å². The molecule has 1 spiro atoms. The van der Waals surface area contributed by atoms with Gasteiger partial charge in [-0.3, -0.25) is 14.5 Å². The van der Waals surface area contributed by atoms with Gasteiger partial charge in [-0.2, -0.15) is 0 Å². The highest BCUT2D eigenvalue weighted by molar-refractivity contribution is 5.98. The average Bonchev–Trinajstić information content (AvgIpc) is 2.78. The Balaban J connectivity index is 2.06. The van der Waals surface area contributed by atoms with E-state index >= 15 is 0 Å². The van der Waals surface area contributed by atoms with Crippen molar-refractivity contribution in [2.45, 2.75) is 39.0 Å². The van der Waals surface area contributed by atoms with Crippen LogP contribution in [0.5, 0.6) is 0 Å². The van der Waals surface area contributed by atoms with Gasteiger partial charge in [0.25, 0.3) is 0 Å². The normalized spacial score (nSPS) is 25.5. The van der Waals surface area contributed by atoms with E-state index in [0.29, 0.717) is 19.4 Å². The second-order valence-electron chi connectivity index (χ2n) is 4.29. The topological polar surface area (TPSA) is 37.4 Å². The monoisotopic (exact) mass is 181 g/mol. The van der Waals surface area contributed by atoms with Crippen LogP contribution in [0.15, 0.2) is 0 Å². The van der Waals surface area contributed by atoms with Crippen LogP contribution < -0.4 is 0 Å². The second-order valence-corrected chi connectivity index (χ2v) is 4.29. The van der Waals surface area contributed by atoms with Crippen molar-refractivity contribution in [2.75, 3.05) is 6.54 Å². The molecule has 3 heteroatoms. The second kappa shape index (κ2) is 2.82. The van der Waals surface area contributed by atoms with E-state index in [1.54, 1.807) is 0 Å². The zero-order valence-electron chi connectivity index (χ0n) is 8.01. The molecule has 0 unspecified atom stereocenters. The lowest BCUT2D eigenvalue weighted by Gasteiger charge is -2.29. The molecule has 0 N–H and O–H groups in total. The summed E-state index contributed by atoms with van der Waals surface area (Å²) >= 11 is 0. The van der Waals surface area contributed by atoms with Crippen molar-refractivity contribution in [2.24, 2.45) is 5.41 Å². The van der Waals surface area contributed by atoms with Crippen LogP contribution in [-0.2, 0) is 9.59 Å². The lowest BCUT2D eigenvalue weighted by Crippen LogP contribution is -2.44. The summed E-state index contributed by atoms with van der Waals surface area (Å²) in [5.74, 6) is 0.103. The van der Waals surface area contributed by atoms with Gasteiger partial charge in [0, 0.05) is 19.4 Å². The molecule has 1 aliphatic carbocycles. The Morgan fingerprint density at radius 2 is 1.77 bits per heavy atom. The highest BCUT2D eigenvalue weighted by atomic mass is 16.2. The van der Waals surface area contributed by atoms with Gasteiger partial charge in [-0.15, -0.1) is 0 Å². The Bertz CT molecular complexity index is 236. The quantitative estimate of drug-likeness (QED) is 0.602. The molecule has 3 nitrogen and oxygen atoms in total. The fourth-order valence-corrected chi connectivity index (χ4v) is 2.04. The maximum absolute atomic E-state index is 11.6. The van der Waals surface area contributed by atoms with Crippen LogP contribution in [-0.4, -0.2) is 23.3 Å². The lowest BCUT2D eigenvalue weighted by molar-refractivity contribution is -0.150. The van der Waals surface area contributed by atoms with Crippen molar-refractivity contribution in [3.05, 3.63) is 0 Å². The van der Waals surface area contributed by atoms with E-state index in [1.165, 1.54) is 4.90 Å². The number of rotatable bonds is 2. The minimum absolute atomic E-state index is 0.0515. The molecular formula is C10H15NO2. The average molecular weight is 181 g/mol. The van der Waals surface area contributed by atoms with Crippen LogP contribution in [0.2, 0.25) is 0 Å².